The highest BCUT2D eigenvalue weighted by Crippen LogP contribution is 2.21. The molecule has 0 spiro atoms. The summed E-state index contributed by atoms with van der Waals surface area (Å²) in [5, 5.41) is 3.28. The number of hydrogen-bond acceptors (Lipinski definition) is 1. The van der Waals surface area contributed by atoms with E-state index < -0.39 is 0 Å². The minimum Gasteiger partial charge on any atom is -0.381 e. The Balaban J connectivity index is 2.08. The smallest absolute Gasteiger partial charge is 0.137 e. The van der Waals surface area contributed by atoms with Gasteiger partial charge < -0.3 is 5.32 Å². The minimum atomic E-state index is -0.236. The van der Waals surface area contributed by atoms with Crippen molar-refractivity contribution in [2.75, 3.05) is 5.32 Å². The van der Waals surface area contributed by atoms with E-state index in [1.807, 2.05) is 25.1 Å². The average molecular weight is 373 g/mol. The fourth-order valence-electron chi connectivity index (χ4n) is 1.69. The Labute approximate surface area is 123 Å². The third kappa shape index (κ3) is 3.56. The van der Waals surface area contributed by atoms with E-state index in [2.05, 4.69) is 43.2 Å². The van der Waals surface area contributed by atoms with Crippen molar-refractivity contribution in [2.45, 2.75) is 13.5 Å². The van der Waals surface area contributed by atoms with Gasteiger partial charge in [-0.15, -0.1) is 0 Å². The molecule has 0 aliphatic heterocycles. The van der Waals surface area contributed by atoms with Gasteiger partial charge in [0.25, 0.3) is 0 Å². The van der Waals surface area contributed by atoms with E-state index in [0.717, 1.165) is 15.7 Å². The van der Waals surface area contributed by atoms with Crippen molar-refractivity contribution in [2.24, 2.45) is 0 Å². The third-order valence-electron chi connectivity index (χ3n) is 2.52. The van der Waals surface area contributed by atoms with E-state index in [1.165, 1.54) is 11.6 Å². The number of nitrogens with one attached hydrogen (secondary N) is 1. The van der Waals surface area contributed by atoms with Gasteiger partial charge in [-0.1, -0.05) is 22.0 Å². The highest BCUT2D eigenvalue weighted by atomic mass is 79.9. The van der Waals surface area contributed by atoms with Crippen molar-refractivity contribution >= 4 is 37.5 Å². The summed E-state index contributed by atoms with van der Waals surface area (Å²) in [6.45, 7) is 2.63. The first kappa shape index (κ1) is 13.6. The lowest BCUT2D eigenvalue weighted by atomic mass is 10.2. The van der Waals surface area contributed by atoms with Gasteiger partial charge in [-0.05, 0) is 64.3 Å². The van der Waals surface area contributed by atoms with E-state index in [-0.39, 0.29) is 5.82 Å². The summed E-state index contributed by atoms with van der Waals surface area (Å²) < 4.78 is 14.9. The SMILES string of the molecule is Cc1cc(Br)cc(NCc2ccc(Br)c(F)c2)c1. The van der Waals surface area contributed by atoms with Crippen LogP contribution in [0, 0.1) is 12.7 Å². The van der Waals surface area contributed by atoms with E-state index in [1.54, 1.807) is 6.07 Å². The molecule has 94 valence electrons. The Morgan fingerprint density at radius 3 is 2.56 bits per heavy atom. The monoisotopic (exact) mass is 371 g/mol. The second-order valence-corrected chi connectivity index (χ2v) is 5.89. The molecule has 0 radical (unpaired) electrons. The van der Waals surface area contributed by atoms with Gasteiger partial charge in [0.2, 0.25) is 0 Å². The van der Waals surface area contributed by atoms with Crippen LogP contribution in [0.5, 0.6) is 0 Å². The fourth-order valence-corrected chi connectivity index (χ4v) is 2.55. The second kappa shape index (κ2) is 5.85. The summed E-state index contributed by atoms with van der Waals surface area (Å²) in [4.78, 5) is 0. The Bertz CT molecular complexity index is 549. The van der Waals surface area contributed by atoms with Gasteiger partial charge in [0.1, 0.15) is 5.82 Å². The Kier molecular flexibility index (Phi) is 4.40. The molecule has 2 rings (SSSR count). The highest BCUT2D eigenvalue weighted by Gasteiger charge is 2.01. The van der Waals surface area contributed by atoms with Crippen molar-refractivity contribution in [1.82, 2.24) is 0 Å². The molecule has 0 saturated carbocycles. The maximum Gasteiger partial charge on any atom is 0.137 e. The number of aryl methyl sites for hydroxylation is 1. The van der Waals surface area contributed by atoms with Gasteiger partial charge in [0.05, 0.1) is 4.47 Å². The standard InChI is InChI=1S/C14H12Br2FN/c1-9-4-11(15)7-12(5-9)18-8-10-2-3-13(16)14(17)6-10/h2-7,18H,8H2,1H3. The molecular formula is C14H12Br2FN. The van der Waals surface area contributed by atoms with Gasteiger partial charge in [-0.3, -0.25) is 0 Å². The quantitative estimate of drug-likeness (QED) is 0.773. The van der Waals surface area contributed by atoms with Crippen molar-refractivity contribution < 1.29 is 4.39 Å². The number of hydrogen-bond donors (Lipinski definition) is 1. The first-order chi connectivity index (χ1) is 8.54. The lowest BCUT2D eigenvalue weighted by Crippen LogP contribution is -2.00. The van der Waals surface area contributed by atoms with Crippen molar-refractivity contribution in [3.05, 3.63) is 62.3 Å². The summed E-state index contributed by atoms with van der Waals surface area (Å²) in [6.07, 6.45) is 0. The second-order valence-electron chi connectivity index (χ2n) is 4.12. The van der Waals surface area contributed by atoms with E-state index in [9.17, 15) is 4.39 Å². The van der Waals surface area contributed by atoms with Crippen LogP contribution in [-0.2, 0) is 6.54 Å². The summed E-state index contributed by atoms with van der Waals surface area (Å²) in [6, 6.07) is 11.2. The number of anilines is 1. The van der Waals surface area contributed by atoms with Crippen LogP contribution >= 0.6 is 31.9 Å². The van der Waals surface area contributed by atoms with Crippen LogP contribution in [0.15, 0.2) is 45.3 Å². The van der Waals surface area contributed by atoms with Crippen LogP contribution < -0.4 is 5.32 Å². The Morgan fingerprint density at radius 1 is 1.11 bits per heavy atom. The summed E-state index contributed by atoms with van der Waals surface area (Å²) in [5.74, 6) is -0.236. The molecule has 0 bridgehead atoms. The molecule has 1 nitrogen and oxygen atoms in total. The predicted molar refractivity (Wildman–Crippen MR) is 80.3 cm³/mol. The van der Waals surface area contributed by atoms with Crippen LogP contribution in [0.4, 0.5) is 10.1 Å². The van der Waals surface area contributed by atoms with Crippen molar-refractivity contribution in [1.29, 1.82) is 0 Å². The van der Waals surface area contributed by atoms with Gasteiger partial charge in [-0.25, -0.2) is 4.39 Å². The summed E-state index contributed by atoms with van der Waals surface area (Å²) >= 11 is 6.60. The van der Waals surface area contributed by atoms with Crippen molar-refractivity contribution in [3.63, 3.8) is 0 Å². The lowest BCUT2D eigenvalue weighted by Gasteiger charge is -2.08. The Morgan fingerprint density at radius 2 is 1.89 bits per heavy atom. The van der Waals surface area contributed by atoms with E-state index in [4.69, 9.17) is 0 Å². The van der Waals surface area contributed by atoms with Gasteiger partial charge in [0, 0.05) is 16.7 Å². The zero-order valence-corrected chi connectivity index (χ0v) is 13.0. The minimum absolute atomic E-state index is 0.236. The molecule has 2 aromatic carbocycles. The zero-order valence-electron chi connectivity index (χ0n) is 9.81. The number of rotatable bonds is 3. The van der Waals surface area contributed by atoms with E-state index >= 15 is 0 Å². The largest absolute Gasteiger partial charge is 0.381 e. The predicted octanol–water partition coefficient (Wildman–Crippen LogP) is 5.27. The summed E-state index contributed by atoms with van der Waals surface area (Å²) in [7, 11) is 0. The summed E-state index contributed by atoms with van der Waals surface area (Å²) in [5.41, 5.74) is 3.10. The zero-order chi connectivity index (χ0) is 13.1. The maximum absolute atomic E-state index is 13.4. The molecule has 0 atom stereocenters. The molecule has 0 aliphatic carbocycles. The molecule has 4 heteroatoms. The van der Waals surface area contributed by atoms with Gasteiger partial charge in [0.15, 0.2) is 0 Å². The first-order valence-corrected chi connectivity index (χ1v) is 7.08. The van der Waals surface area contributed by atoms with E-state index in [0.29, 0.717) is 11.0 Å². The molecule has 18 heavy (non-hydrogen) atoms. The molecule has 1 N–H and O–H groups in total. The fraction of sp³-hybridized carbons (Fsp3) is 0.143. The van der Waals surface area contributed by atoms with Crippen LogP contribution in [0.25, 0.3) is 0 Å². The normalized spacial score (nSPS) is 10.4. The van der Waals surface area contributed by atoms with Gasteiger partial charge in [-0.2, -0.15) is 0 Å². The molecule has 0 aromatic heterocycles. The van der Waals surface area contributed by atoms with Crippen LogP contribution in [0.3, 0.4) is 0 Å². The van der Waals surface area contributed by atoms with Crippen LogP contribution in [-0.4, -0.2) is 0 Å². The van der Waals surface area contributed by atoms with Crippen LogP contribution in [0.2, 0.25) is 0 Å². The molecule has 0 aliphatic rings. The molecule has 2 aromatic rings. The maximum atomic E-state index is 13.4. The third-order valence-corrected chi connectivity index (χ3v) is 3.62. The first-order valence-electron chi connectivity index (χ1n) is 5.49. The molecule has 0 fully saturated rings. The highest BCUT2D eigenvalue weighted by molar-refractivity contribution is 9.10. The lowest BCUT2D eigenvalue weighted by molar-refractivity contribution is 0.619. The van der Waals surface area contributed by atoms with Crippen molar-refractivity contribution in [3.8, 4) is 0 Å². The molecule has 0 saturated heterocycles. The molecule has 0 amide bonds. The average Bonchev–Trinajstić information content (AvgIpc) is 2.29. The van der Waals surface area contributed by atoms with Gasteiger partial charge >= 0.3 is 0 Å². The topological polar surface area (TPSA) is 12.0 Å². The number of halogens is 3. The molecule has 0 unspecified atom stereocenters. The molecule has 0 heterocycles. The number of benzene rings is 2. The Hall–Kier alpha value is -0.870. The molecular weight excluding hydrogens is 361 g/mol. The van der Waals surface area contributed by atoms with Crippen LogP contribution in [0.1, 0.15) is 11.1 Å².